The molecule has 0 aromatic carbocycles. The van der Waals surface area contributed by atoms with Gasteiger partial charge in [-0.1, -0.05) is 13.3 Å². The van der Waals surface area contributed by atoms with Crippen molar-refractivity contribution < 1.29 is 9.90 Å². The van der Waals surface area contributed by atoms with E-state index in [4.69, 9.17) is 5.11 Å². The van der Waals surface area contributed by atoms with Gasteiger partial charge in [-0.2, -0.15) is 0 Å². The van der Waals surface area contributed by atoms with Gasteiger partial charge < -0.3 is 10.4 Å². The molecule has 2 N–H and O–H groups in total. The van der Waals surface area contributed by atoms with Gasteiger partial charge in [-0.15, -0.1) is 0 Å². The molecule has 76 valence electrons. The van der Waals surface area contributed by atoms with Crippen molar-refractivity contribution in [2.24, 2.45) is 5.92 Å². The molecular formula is C10H19NO2. The Morgan fingerprint density at radius 3 is 2.77 bits per heavy atom. The number of carboxylic acids is 1. The summed E-state index contributed by atoms with van der Waals surface area (Å²) >= 11 is 0. The van der Waals surface area contributed by atoms with Crippen molar-refractivity contribution in [1.29, 1.82) is 0 Å². The van der Waals surface area contributed by atoms with Crippen LogP contribution in [0.2, 0.25) is 0 Å². The molecule has 13 heavy (non-hydrogen) atoms. The number of rotatable bonds is 4. The summed E-state index contributed by atoms with van der Waals surface area (Å²) in [7, 11) is 0. The lowest BCUT2D eigenvalue weighted by Gasteiger charge is -2.15. The quantitative estimate of drug-likeness (QED) is 0.700. The van der Waals surface area contributed by atoms with E-state index in [-0.39, 0.29) is 0 Å². The van der Waals surface area contributed by atoms with Crippen molar-refractivity contribution in [3.8, 4) is 0 Å². The molecule has 0 radical (unpaired) electrons. The Morgan fingerprint density at radius 2 is 2.31 bits per heavy atom. The lowest BCUT2D eigenvalue weighted by molar-refractivity contribution is -0.139. The van der Waals surface area contributed by atoms with Gasteiger partial charge in [-0.25, -0.2) is 0 Å². The van der Waals surface area contributed by atoms with E-state index >= 15 is 0 Å². The van der Waals surface area contributed by atoms with Gasteiger partial charge in [0.15, 0.2) is 0 Å². The third-order valence-electron chi connectivity index (χ3n) is 2.97. The van der Waals surface area contributed by atoms with Crippen LogP contribution in [0.5, 0.6) is 0 Å². The fourth-order valence-electron chi connectivity index (χ4n) is 2.02. The first kappa shape index (κ1) is 10.5. The monoisotopic (exact) mass is 185 g/mol. The molecule has 0 aliphatic heterocycles. The molecule has 0 bridgehead atoms. The number of nitrogens with one attached hydrogen (secondary N) is 1. The fraction of sp³-hybridized carbons (Fsp3) is 0.900. The highest BCUT2D eigenvalue weighted by Gasteiger charge is 2.25. The van der Waals surface area contributed by atoms with Gasteiger partial charge in [-0.3, -0.25) is 4.79 Å². The van der Waals surface area contributed by atoms with E-state index in [1.54, 1.807) is 6.92 Å². The Labute approximate surface area is 79.5 Å². The van der Waals surface area contributed by atoms with Crippen LogP contribution in [0.3, 0.4) is 0 Å². The Hall–Kier alpha value is -0.570. The number of hydrogen-bond acceptors (Lipinski definition) is 2. The molecular weight excluding hydrogens is 166 g/mol. The van der Waals surface area contributed by atoms with Gasteiger partial charge in [0.1, 0.15) is 6.04 Å². The van der Waals surface area contributed by atoms with E-state index < -0.39 is 12.0 Å². The molecule has 1 rings (SSSR count). The Kier molecular flexibility index (Phi) is 3.72. The molecule has 1 aliphatic rings. The summed E-state index contributed by atoms with van der Waals surface area (Å²) in [6.07, 6.45) is 4.75. The number of carboxylic acid groups (broad SMARTS) is 1. The summed E-state index contributed by atoms with van der Waals surface area (Å²) in [5.41, 5.74) is 0. The maximum Gasteiger partial charge on any atom is 0.320 e. The summed E-state index contributed by atoms with van der Waals surface area (Å²) in [5, 5.41) is 11.8. The van der Waals surface area contributed by atoms with Crippen LogP contribution < -0.4 is 5.32 Å². The standard InChI is InChI=1S/C10H19NO2/c1-3-8-4-5-9(6-8)11-7(2)10(12)13/h7-9,11H,3-6H2,1-2H3,(H,12,13). The highest BCUT2D eigenvalue weighted by molar-refractivity contribution is 5.72. The average molecular weight is 185 g/mol. The first-order chi connectivity index (χ1) is 6.13. The minimum absolute atomic E-state index is 0.402. The molecule has 0 aromatic rings. The number of aliphatic carboxylic acids is 1. The molecule has 3 heteroatoms. The first-order valence-electron chi connectivity index (χ1n) is 5.12. The van der Waals surface area contributed by atoms with Crippen LogP contribution in [0.15, 0.2) is 0 Å². The van der Waals surface area contributed by atoms with Gasteiger partial charge >= 0.3 is 5.97 Å². The Morgan fingerprint density at radius 1 is 1.62 bits per heavy atom. The van der Waals surface area contributed by atoms with Gasteiger partial charge in [0, 0.05) is 6.04 Å². The Balaban J connectivity index is 2.27. The molecule has 3 unspecified atom stereocenters. The molecule has 0 saturated heterocycles. The topological polar surface area (TPSA) is 49.3 Å². The molecule has 1 fully saturated rings. The SMILES string of the molecule is CCC1CCC(NC(C)C(=O)O)C1. The van der Waals surface area contributed by atoms with E-state index in [1.807, 2.05) is 0 Å². The van der Waals surface area contributed by atoms with E-state index in [2.05, 4.69) is 12.2 Å². The lowest BCUT2D eigenvalue weighted by atomic mass is 10.1. The molecule has 3 nitrogen and oxygen atoms in total. The third kappa shape index (κ3) is 2.99. The van der Waals surface area contributed by atoms with Crippen molar-refractivity contribution in [1.82, 2.24) is 5.32 Å². The highest BCUT2D eigenvalue weighted by Crippen LogP contribution is 2.27. The lowest BCUT2D eigenvalue weighted by Crippen LogP contribution is -2.40. The van der Waals surface area contributed by atoms with E-state index in [0.717, 1.165) is 18.8 Å². The predicted molar refractivity (Wildman–Crippen MR) is 51.7 cm³/mol. The number of hydrogen-bond donors (Lipinski definition) is 2. The van der Waals surface area contributed by atoms with Crippen molar-refractivity contribution in [2.75, 3.05) is 0 Å². The molecule has 1 saturated carbocycles. The van der Waals surface area contributed by atoms with E-state index in [9.17, 15) is 4.79 Å². The van der Waals surface area contributed by atoms with Crippen molar-refractivity contribution in [2.45, 2.75) is 51.6 Å². The fourth-order valence-corrected chi connectivity index (χ4v) is 2.02. The smallest absolute Gasteiger partial charge is 0.320 e. The predicted octanol–water partition coefficient (Wildman–Crippen LogP) is 1.63. The summed E-state index contributed by atoms with van der Waals surface area (Å²) in [6, 6.07) is 0.0247. The number of carbonyl (C=O) groups is 1. The third-order valence-corrected chi connectivity index (χ3v) is 2.97. The summed E-state index contributed by atoms with van der Waals surface area (Å²) in [4.78, 5) is 10.6. The van der Waals surface area contributed by atoms with Crippen molar-refractivity contribution in [3.05, 3.63) is 0 Å². The van der Waals surface area contributed by atoms with Crippen LogP contribution in [0, 0.1) is 5.92 Å². The molecule has 1 aliphatic carbocycles. The summed E-state index contributed by atoms with van der Waals surface area (Å²) in [6.45, 7) is 3.91. The van der Waals surface area contributed by atoms with Gasteiger partial charge in [0.2, 0.25) is 0 Å². The van der Waals surface area contributed by atoms with Crippen LogP contribution in [-0.4, -0.2) is 23.2 Å². The summed E-state index contributed by atoms with van der Waals surface area (Å²) < 4.78 is 0. The molecule has 0 aromatic heterocycles. The molecule has 3 atom stereocenters. The van der Waals surface area contributed by atoms with Crippen molar-refractivity contribution >= 4 is 5.97 Å². The Bertz CT molecular complexity index is 182. The second kappa shape index (κ2) is 4.61. The van der Waals surface area contributed by atoms with E-state index in [1.165, 1.54) is 12.8 Å². The first-order valence-corrected chi connectivity index (χ1v) is 5.12. The maximum absolute atomic E-state index is 10.6. The van der Waals surface area contributed by atoms with Crippen LogP contribution in [0.1, 0.15) is 39.5 Å². The minimum atomic E-state index is -0.750. The van der Waals surface area contributed by atoms with Crippen LogP contribution in [-0.2, 0) is 4.79 Å². The second-order valence-electron chi connectivity index (χ2n) is 4.01. The van der Waals surface area contributed by atoms with Crippen LogP contribution >= 0.6 is 0 Å². The van der Waals surface area contributed by atoms with E-state index in [0.29, 0.717) is 6.04 Å². The van der Waals surface area contributed by atoms with Gasteiger partial charge in [0.05, 0.1) is 0 Å². The average Bonchev–Trinajstić information content (AvgIpc) is 2.52. The molecule has 0 heterocycles. The molecule has 0 amide bonds. The zero-order valence-corrected chi connectivity index (χ0v) is 8.42. The zero-order chi connectivity index (χ0) is 9.84. The second-order valence-corrected chi connectivity index (χ2v) is 4.01. The van der Waals surface area contributed by atoms with Crippen molar-refractivity contribution in [3.63, 3.8) is 0 Å². The van der Waals surface area contributed by atoms with Crippen LogP contribution in [0.4, 0.5) is 0 Å². The highest BCUT2D eigenvalue weighted by atomic mass is 16.4. The molecule has 0 spiro atoms. The van der Waals surface area contributed by atoms with Gasteiger partial charge in [0.25, 0.3) is 0 Å². The normalized spacial score (nSPS) is 30.3. The summed E-state index contributed by atoms with van der Waals surface area (Å²) in [5.74, 6) is 0.0541. The minimum Gasteiger partial charge on any atom is -0.480 e. The van der Waals surface area contributed by atoms with Crippen LogP contribution in [0.25, 0.3) is 0 Å². The maximum atomic E-state index is 10.6. The van der Waals surface area contributed by atoms with Gasteiger partial charge in [-0.05, 0) is 32.1 Å². The largest absolute Gasteiger partial charge is 0.480 e. The zero-order valence-electron chi connectivity index (χ0n) is 8.42.